The number of hydrogen-bond acceptors (Lipinski definition) is 7. The van der Waals surface area contributed by atoms with Crippen LogP contribution in [0.25, 0.3) is 0 Å². The van der Waals surface area contributed by atoms with Crippen molar-refractivity contribution in [2.24, 2.45) is 0 Å². The number of ether oxygens (including phenoxy) is 1. The normalized spacial score (nSPS) is 23.3. The number of imide groups is 1. The summed E-state index contributed by atoms with van der Waals surface area (Å²) in [6.07, 6.45) is 0.380. The molecule has 2 saturated heterocycles. The second-order valence-corrected chi connectivity index (χ2v) is 8.48. The van der Waals surface area contributed by atoms with Gasteiger partial charge in [0.2, 0.25) is 11.8 Å². The van der Waals surface area contributed by atoms with Gasteiger partial charge in [-0.3, -0.25) is 19.7 Å². The number of carbonyl (C=O) groups is 4. The van der Waals surface area contributed by atoms with Crippen LogP contribution >= 0.6 is 11.6 Å². The van der Waals surface area contributed by atoms with Crippen LogP contribution < -0.4 is 16.1 Å². The molecule has 10 nitrogen and oxygen atoms in total. The molecule has 0 aliphatic carbocycles. The molecule has 0 spiro atoms. The summed E-state index contributed by atoms with van der Waals surface area (Å²) >= 11 is 6.30. The number of halogens is 2. The molecule has 2 atom stereocenters. The maximum Gasteiger partial charge on any atom is 0.407 e. The van der Waals surface area contributed by atoms with Gasteiger partial charge in [-0.2, -0.15) is 0 Å². The molecule has 32 heavy (non-hydrogen) atoms. The molecule has 3 aliphatic rings. The number of nitrogens with one attached hydrogen (secondary N) is 3. The number of carbonyl (C=O) groups excluding carboxylic acids is 4. The van der Waals surface area contributed by atoms with Crippen molar-refractivity contribution in [2.75, 3.05) is 20.2 Å². The van der Waals surface area contributed by atoms with E-state index in [1.54, 1.807) is 0 Å². The Balaban J connectivity index is 1.41. The number of alkyl carbamates (subject to hydrolysis) is 1. The third-order valence-corrected chi connectivity index (χ3v) is 6.17. The van der Waals surface area contributed by atoms with Gasteiger partial charge in [0, 0.05) is 49.3 Å². The predicted octanol–water partition coefficient (Wildman–Crippen LogP) is 0.675. The highest BCUT2D eigenvalue weighted by Crippen LogP contribution is 2.35. The summed E-state index contributed by atoms with van der Waals surface area (Å²) in [5.41, 5.74) is 3.22. The number of hydrazine groups is 1. The van der Waals surface area contributed by atoms with Crippen molar-refractivity contribution in [1.29, 1.82) is 0 Å². The molecule has 4 amide bonds. The zero-order valence-corrected chi connectivity index (χ0v) is 18.1. The standard InChI is InChI=1S/C20H23ClFN5O5/c1-26-5-4-11(25-26)9-32-20(31)23-7-10-6-13(21)12-8-27(19(30)16(12)17(10)22)14-2-3-15(28)24-18(14)29/h6,11,14,25H,2-5,7-9H2,1H3,(H,23,31)(H,24,28,29). The van der Waals surface area contributed by atoms with E-state index >= 15 is 4.39 Å². The van der Waals surface area contributed by atoms with Gasteiger partial charge < -0.3 is 15.0 Å². The van der Waals surface area contributed by atoms with Gasteiger partial charge in [-0.15, -0.1) is 0 Å². The van der Waals surface area contributed by atoms with E-state index in [-0.39, 0.29) is 60.3 Å². The largest absolute Gasteiger partial charge is 0.448 e. The smallest absolute Gasteiger partial charge is 0.407 e. The lowest BCUT2D eigenvalue weighted by Gasteiger charge is -2.29. The molecule has 3 N–H and O–H groups in total. The highest BCUT2D eigenvalue weighted by atomic mass is 35.5. The van der Waals surface area contributed by atoms with Crippen molar-refractivity contribution >= 4 is 35.4 Å². The second-order valence-electron chi connectivity index (χ2n) is 8.07. The van der Waals surface area contributed by atoms with Crippen LogP contribution in [0, 0.1) is 5.82 Å². The van der Waals surface area contributed by atoms with Crippen molar-refractivity contribution in [3.63, 3.8) is 0 Å². The zero-order valence-electron chi connectivity index (χ0n) is 17.4. The zero-order chi connectivity index (χ0) is 23.0. The molecule has 1 aromatic carbocycles. The Hall–Kier alpha value is -2.76. The number of fused-ring (bicyclic) bond motifs is 1. The van der Waals surface area contributed by atoms with E-state index in [4.69, 9.17) is 16.3 Å². The maximum atomic E-state index is 15.2. The van der Waals surface area contributed by atoms with Crippen LogP contribution in [0.3, 0.4) is 0 Å². The van der Waals surface area contributed by atoms with Crippen LogP contribution in [0.1, 0.15) is 40.7 Å². The number of piperidine rings is 1. The van der Waals surface area contributed by atoms with Gasteiger partial charge in [0.05, 0.1) is 11.6 Å². The fraction of sp³-hybridized carbons (Fsp3) is 0.500. The minimum absolute atomic E-state index is 0.0211. The number of rotatable bonds is 5. The Morgan fingerprint density at radius 2 is 2.12 bits per heavy atom. The van der Waals surface area contributed by atoms with Gasteiger partial charge in [0.25, 0.3) is 5.91 Å². The third-order valence-electron chi connectivity index (χ3n) is 5.84. The van der Waals surface area contributed by atoms with E-state index in [1.165, 1.54) is 11.0 Å². The Labute approximate surface area is 188 Å². The highest BCUT2D eigenvalue weighted by molar-refractivity contribution is 6.32. The maximum absolute atomic E-state index is 15.2. The van der Waals surface area contributed by atoms with E-state index in [1.807, 2.05) is 12.1 Å². The Bertz CT molecular complexity index is 990. The minimum atomic E-state index is -0.872. The SMILES string of the molecule is CN1CCC(COC(=O)NCc2cc(Cl)c3c(c2F)C(=O)N(C2CCC(=O)NC2=O)C3)N1. The number of hydrogen-bond donors (Lipinski definition) is 3. The fourth-order valence-corrected chi connectivity index (χ4v) is 4.43. The van der Waals surface area contributed by atoms with Crippen LogP contribution in [0.2, 0.25) is 5.02 Å². The fourth-order valence-electron chi connectivity index (χ4n) is 4.14. The molecule has 12 heteroatoms. The topological polar surface area (TPSA) is 120 Å². The third kappa shape index (κ3) is 4.41. The van der Waals surface area contributed by atoms with Crippen molar-refractivity contribution in [1.82, 2.24) is 26.0 Å². The molecule has 0 aromatic heterocycles. The summed E-state index contributed by atoms with van der Waals surface area (Å²) in [4.78, 5) is 49.7. The summed E-state index contributed by atoms with van der Waals surface area (Å²) in [6.45, 7) is 0.761. The van der Waals surface area contributed by atoms with Crippen LogP contribution in [-0.2, 0) is 27.4 Å². The molecule has 3 heterocycles. The summed E-state index contributed by atoms with van der Waals surface area (Å²) in [5.74, 6) is -2.47. The van der Waals surface area contributed by atoms with Gasteiger partial charge in [-0.25, -0.2) is 19.6 Å². The van der Waals surface area contributed by atoms with Crippen molar-refractivity contribution < 1.29 is 28.3 Å². The molecule has 3 aliphatic heterocycles. The lowest BCUT2D eigenvalue weighted by atomic mass is 10.0. The number of benzene rings is 1. The van der Waals surface area contributed by atoms with E-state index < -0.39 is 35.7 Å². The monoisotopic (exact) mass is 467 g/mol. The molecule has 0 radical (unpaired) electrons. The summed E-state index contributed by atoms with van der Waals surface area (Å²) in [7, 11) is 1.89. The van der Waals surface area contributed by atoms with Crippen molar-refractivity contribution in [3.8, 4) is 0 Å². The van der Waals surface area contributed by atoms with Crippen LogP contribution in [0.4, 0.5) is 9.18 Å². The summed E-state index contributed by atoms with van der Waals surface area (Å²) < 4.78 is 20.3. The van der Waals surface area contributed by atoms with E-state index in [9.17, 15) is 19.2 Å². The molecule has 4 rings (SSSR count). The lowest BCUT2D eigenvalue weighted by Crippen LogP contribution is -2.52. The first-order valence-electron chi connectivity index (χ1n) is 10.3. The van der Waals surface area contributed by atoms with Crippen LogP contribution in [-0.4, -0.2) is 66.0 Å². The number of amides is 4. The van der Waals surface area contributed by atoms with E-state index in [2.05, 4.69) is 16.1 Å². The molecule has 0 saturated carbocycles. The Morgan fingerprint density at radius 3 is 2.81 bits per heavy atom. The van der Waals surface area contributed by atoms with E-state index in [0.717, 1.165) is 13.0 Å². The first-order chi connectivity index (χ1) is 15.2. The van der Waals surface area contributed by atoms with Crippen molar-refractivity contribution in [3.05, 3.63) is 33.6 Å². The van der Waals surface area contributed by atoms with Crippen LogP contribution in [0.15, 0.2) is 6.07 Å². The van der Waals surface area contributed by atoms with Gasteiger partial charge in [0.1, 0.15) is 18.5 Å². The van der Waals surface area contributed by atoms with Crippen LogP contribution in [0.5, 0.6) is 0 Å². The molecule has 1 aromatic rings. The highest BCUT2D eigenvalue weighted by Gasteiger charge is 2.41. The summed E-state index contributed by atoms with van der Waals surface area (Å²) in [6, 6.07) is 0.501. The summed E-state index contributed by atoms with van der Waals surface area (Å²) in [5, 5.41) is 6.73. The molecule has 2 fully saturated rings. The average molecular weight is 468 g/mol. The van der Waals surface area contributed by atoms with Gasteiger partial charge in [0.15, 0.2) is 0 Å². The molecule has 0 bridgehead atoms. The first kappa shape index (κ1) is 22.4. The molecule has 172 valence electrons. The second kappa shape index (κ2) is 9.00. The average Bonchev–Trinajstić information content (AvgIpc) is 3.31. The predicted molar refractivity (Wildman–Crippen MR) is 110 cm³/mol. The molecular weight excluding hydrogens is 445 g/mol. The lowest BCUT2D eigenvalue weighted by molar-refractivity contribution is -0.136. The molecular formula is C20H23ClFN5O5. The molecule has 2 unspecified atom stereocenters. The quantitative estimate of drug-likeness (QED) is 0.544. The number of nitrogens with zero attached hydrogens (tertiary/aromatic N) is 2. The van der Waals surface area contributed by atoms with Crippen molar-refractivity contribution in [2.45, 2.75) is 44.4 Å². The first-order valence-corrected chi connectivity index (χ1v) is 10.6. The Morgan fingerprint density at radius 1 is 1.34 bits per heavy atom. The van der Waals surface area contributed by atoms with Gasteiger partial charge >= 0.3 is 6.09 Å². The minimum Gasteiger partial charge on any atom is -0.448 e. The Kier molecular flexibility index (Phi) is 6.31. The van der Waals surface area contributed by atoms with E-state index in [0.29, 0.717) is 0 Å². The van der Waals surface area contributed by atoms with Gasteiger partial charge in [-0.1, -0.05) is 11.6 Å². The van der Waals surface area contributed by atoms with Gasteiger partial charge in [-0.05, 0) is 18.9 Å².